The van der Waals surface area contributed by atoms with Crippen LogP contribution in [0.1, 0.15) is 86.0 Å². The Labute approximate surface area is 286 Å². The molecule has 2 fully saturated rings. The Morgan fingerprint density at radius 3 is 2.02 bits per heavy atom. The molecular formula is C32H53N7O10. The molecule has 0 aliphatic carbocycles. The van der Waals surface area contributed by atoms with Crippen LogP contribution in [0, 0.1) is 11.8 Å². The number of nitrogens with zero attached hydrogens (tertiary/aromatic N) is 1. The largest absolute Gasteiger partial charge is 0.481 e. The summed E-state index contributed by atoms with van der Waals surface area (Å²) in [6.45, 7) is 8.84. The second-order valence-electron chi connectivity index (χ2n) is 12.9. The minimum absolute atomic E-state index is 0.152. The first-order chi connectivity index (χ1) is 23.1. The van der Waals surface area contributed by atoms with Gasteiger partial charge in [-0.2, -0.15) is 0 Å². The van der Waals surface area contributed by atoms with Crippen molar-refractivity contribution in [3.8, 4) is 0 Å². The van der Waals surface area contributed by atoms with Gasteiger partial charge in [-0.05, 0) is 57.4 Å². The standard InChI is InChI=1S/C32H53N7O10/c1-6-17(3)25(30(46)35-19(5)27(43)38-26(32(48)49)18(4)7-2)37-29(45)22-11-9-15-39(22)31(47)21(12-13-24(41)42)36-23(40)16-34-28(44)20-10-8-14-33-20/h17-22,25-26,33H,6-16H2,1-5H3,(H,34,44)(H,35,46)(H,36,40)(H,37,45)(H,38,43)(H,41,42)(H,48,49)/t17-,18-,19-,20-,21-,22-,25-,26-/m0/s1. The number of carboxylic acid groups (broad SMARTS) is 2. The molecule has 0 aromatic carbocycles. The maximum Gasteiger partial charge on any atom is 0.326 e. The molecule has 2 aliphatic heterocycles. The molecule has 0 aromatic heterocycles. The van der Waals surface area contributed by atoms with Crippen LogP contribution in [0.2, 0.25) is 0 Å². The van der Waals surface area contributed by atoms with Gasteiger partial charge in [0.05, 0.1) is 12.6 Å². The summed E-state index contributed by atoms with van der Waals surface area (Å²) in [5, 5.41) is 34.5. The summed E-state index contributed by atoms with van der Waals surface area (Å²) in [4.78, 5) is 103. The van der Waals surface area contributed by atoms with Crippen LogP contribution < -0.4 is 31.9 Å². The second kappa shape index (κ2) is 19.7. The van der Waals surface area contributed by atoms with Gasteiger partial charge in [-0.15, -0.1) is 0 Å². The summed E-state index contributed by atoms with van der Waals surface area (Å²) < 4.78 is 0. The van der Waals surface area contributed by atoms with E-state index in [4.69, 9.17) is 0 Å². The zero-order valence-electron chi connectivity index (χ0n) is 29.0. The van der Waals surface area contributed by atoms with E-state index in [0.717, 1.165) is 6.42 Å². The molecule has 276 valence electrons. The molecule has 49 heavy (non-hydrogen) atoms. The molecule has 0 radical (unpaired) electrons. The Morgan fingerprint density at radius 2 is 1.45 bits per heavy atom. The first-order valence-corrected chi connectivity index (χ1v) is 17.1. The Balaban J connectivity index is 2.11. The lowest BCUT2D eigenvalue weighted by atomic mass is 9.97. The number of nitrogens with one attached hydrogen (secondary N) is 6. The van der Waals surface area contributed by atoms with Crippen LogP contribution in [0.15, 0.2) is 0 Å². The normalized spacial score (nSPS) is 20.9. The molecule has 0 spiro atoms. The average Bonchev–Trinajstić information content (AvgIpc) is 3.78. The second-order valence-corrected chi connectivity index (χ2v) is 12.9. The predicted octanol–water partition coefficient (Wildman–Crippen LogP) is -1.15. The van der Waals surface area contributed by atoms with Crippen molar-refractivity contribution in [2.75, 3.05) is 19.6 Å². The van der Waals surface area contributed by atoms with Gasteiger partial charge in [0, 0.05) is 13.0 Å². The Morgan fingerprint density at radius 1 is 0.796 bits per heavy atom. The van der Waals surface area contributed by atoms with Gasteiger partial charge in [0.25, 0.3) is 0 Å². The Kier molecular flexibility index (Phi) is 16.4. The van der Waals surface area contributed by atoms with Crippen molar-refractivity contribution in [3.63, 3.8) is 0 Å². The molecule has 2 aliphatic rings. The minimum atomic E-state index is -1.28. The number of amides is 6. The van der Waals surface area contributed by atoms with E-state index in [1.54, 1.807) is 20.8 Å². The van der Waals surface area contributed by atoms with Crippen molar-refractivity contribution in [1.29, 1.82) is 0 Å². The number of likely N-dealkylation sites (tertiary alicyclic amines) is 1. The number of carbonyl (C=O) groups excluding carboxylic acids is 6. The lowest BCUT2D eigenvalue weighted by Gasteiger charge is -2.31. The fourth-order valence-electron chi connectivity index (χ4n) is 5.75. The highest BCUT2D eigenvalue weighted by Gasteiger charge is 2.40. The van der Waals surface area contributed by atoms with Crippen molar-refractivity contribution < 1.29 is 48.6 Å². The summed E-state index contributed by atoms with van der Waals surface area (Å²) in [5.41, 5.74) is 0. The van der Waals surface area contributed by atoms with E-state index >= 15 is 0 Å². The third kappa shape index (κ3) is 12.3. The van der Waals surface area contributed by atoms with E-state index in [2.05, 4.69) is 31.9 Å². The maximum absolute atomic E-state index is 13.7. The molecule has 2 saturated heterocycles. The van der Waals surface area contributed by atoms with E-state index in [1.165, 1.54) is 11.8 Å². The highest BCUT2D eigenvalue weighted by atomic mass is 16.4. The highest BCUT2D eigenvalue weighted by Crippen LogP contribution is 2.21. The Bertz CT molecular complexity index is 1220. The number of aliphatic carboxylic acids is 2. The molecule has 17 heteroatoms. The molecule has 2 rings (SSSR count). The number of carboxylic acids is 2. The van der Waals surface area contributed by atoms with Crippen LogP contribution in [-0.2, 0) is 38.4 Å². The molecule has 0 aromatic rings. The molecule has 8 N–H and O–H groups in total. The molecule has 8 atom stereocenters. The molecule has 0 unspecified atom stereocenters. The molecule has 17 nitrogen and oxygen atoms in total. The summed E-state index contributed by atoms with van der Waals surface area (Å²) in [6, 6.07) is -6.08. The fraction of sp³-hybridized carbons (Fsp3) is 0.750. The fourth-order valence-corrected chi connectivity index (χ4v) is 5.75. The molecular weight excluding hydrogens is 642 g/mol. The van der Waals surface area contributed by atoms with Crippen LogP contribution in [0.4, 0.5) is 0 Å². The van der Waals surface area contributed by atoms with Crippen molar-refractivity contribution >= 4 is 47.4 Å². The quantitative estimate of drug-likeness (QED) is 0.0801. The first-order valence-electron chi connectivity index (χ1n) is 17.1. The van der Waals surface area contributed by atoms with E-state index in [1.807, 2.05) is 6.92 Å². The number of hydrogen-bond acceptors (Lipinski definition) is 9. The van der Waals surface area contributed by atoms with Crippen LogP contribution in [-0.4, -0.2) is 118 Å². The SMILES string of the molecule is CC[C@H](C)[C@H](NC(=O)[C@H](C)NC(=O)[C@@H](NC(=O)[C@@H]1CCCN1C(=O)[C@H](CCC(=O)O)NC(=O)CNC(=O)[C@@H]1CCCN1)[C@@H](C)CC)C(=O)O. The van der Waals surface area contributed by atoms with Gasteiger partial charge in [0.1, 0.15) is 30.2 Å². The van der Waals surface area contributed by atoms with Crippen molar-refractivity contribution in [3.05, 3.63) is 0 Å². The van der Waals surface area contributed by atoms with Gasteiger partial charge in [-0.3, -0.25) is 33.6 Å². The summed E-state index contributed by atoms with van der Waals surface area (Å²) in [5.74, 6) is -6.86. The van der Waals surface area contributed by atoms with Crippen LogP contribution in [0.3, 0.4) is 0 Å². The molecule has 2 heterocycles. The lowest BCUT2D eigenvalue weighted by Crippen LogP contribution is -2.59. The van der Waals surface area contributed by atoms with Crippen molar-refractivity contribution in [2.45, 2.75) is 122 Å². The molecule has 6 amide bonds. The van der Waals surface area contributed by atoms with E-state index in [0.29, 0.717) is 32.2 Å². The van der Waals surface area contributed by atoms with E-state index in [9.17, 15) is 48.6 Å². The van der Waals surface area contributed by atoms with Gasteiger partial charge < -0.3 is 47.0 Å². The van der Waals surface area contributed by atoms with Gasteiger partial charge >= 0.3 is 11.9 Å². The third-order valence-electron chi connectivity index (χ3n) is 9.24. The van der Waals surface area contributed by atoms with Crippen molar-refractivity contribution in [2.24, 2.45) is 11.8 Å². The summed E-state index contributed by atoms with van der Waals surface area (Å²) >= 11 is 0. The molecule has 0 saturated carbocycles. The van der Waals surface area contributed by atoms with Gasteiger partial charge in [0.15, 0.2) is 0 Å². The predicted molar refractivity (Wildman–Crippen MR) is 176 cm³/mol. The van der Waals surface area contributed by atoms with Crippen LogP contribution in [0.25, 0.3) is 0 Å². The van der Waals surface area contributed by atoms with Crippen LogP contribution in [0.5, 0.6) is 0 Å². The van der Waals surface area contributed by atoms with E-state index in [-0.39, 0.29) is 31.2 Å². The van der Waals surface area contributed by atoms with Crippen LogP contribution >= 0.6 is 0 Å². The lowest BCUT2D eigenvalue weighted by molar-refractivity contribution is -0.144. The number of carbonyl (C=O) groups is 8. The summed E-state index contributed by atoms with van der Waals surface area (Å²) in [7, 11) is 0. The highest BCUT2D eigenvalue weighted by molar-refractivity contribution is 5.97. The third-order valence-corrected chi connectivity index (χ3v) is 9.24. The average molecular weight is 696 g/mol. The van der Waals surface area contributed by atoms with E-state index < -0.39 is 96.6 Å². The maximum atomic E-state index is 13.7. The zero-order chi connectivity index (χ0) is 36.8. The van der Waals surface area contributed by atoms with Gasteiger partial charge in [-0.25, -0.2) is 4.79 Å². The minimum Gasteiger partial charge on any atom is -0.481 e. The van der Waals surface area contributed by atoms with Gasteiger partial charge in [-0.1, -0.05) is 40.5 Å². The number of hydrogen-bond donors (Lipinski definition) is 8. The topological polar surface area (TPSA) is 252 Å². The molecule has 0 bridgehead atoms. The Hall–Kier alpha value is -4.28. The number of rotatable bonds is 19. The summed E-state index contributed by atoms with van der Waals surface area (Å²) in [6.07, 6.45) is 2.43. The monoisotopic (exact) mass is 695 g/mol. The van der Waals surface area contributed by atoms with Crippen molar-refractivity contribution in [1.82, 2.24) is 36.8 Å². The van der Waals surface area contributed by atoms with Gasteiger partial charge in [0.2, 0.25) is 35.4 Å². The smallest absolute Gasteiger partial charge is 0.326 e. The first kappa shape index (κ1) is 40.9. The zero-order valence-corrected chi connectivity index (χ0v) is 29.0.